The predicted octanol–water partition coefficient (Wildman–Crippen LogP) is 5.54. The molecule has 5 aromatic rings. The summed E-state index contributed by atoms with van der Waals surface area (Å²) >= 11 is 0. The first-order valence-electron chi connectivity index (χ1n) is 13.0. The number of piperazine rings is 1. The molecule has 0 amide bonds. The summed E-state index contributed by atoms with van der Waals surface area (Å²) in [5.74, 6) is 7.48. The Balaban J connectivity index is 0.975. The zero-order valence-corrected chi connectivity index (χ0v) is 21.3. The molecular formula is C32H30N4O2. The molecule has 190 valence electrons. The summed E-state index contributed by atoms with van der Waals surface area (Å²) < 4.78 is 11.2. The second-order valence-electron chi connectivity index (χ2n) is 9.55. The van der Waals surface area contributed by atoms with Crippen LogP contribution in [-0.4, -0.2) is 54.6 Å². The van der Waals surface area contributed by atoms with Crippen molar-refractivity contribution in [1.82, 2.24) is 15.0 Å². The lowest BCUT2D eigenvalue weighted by Gasteiger charge is -2.34. The molecule has 0 atom stereocenters. The maximum Gasteiger partial charge on any atom is 0.179 e. The van der Waals surface area contributed by atoms with Crippen molar-refractivity contribution in [2.75, 3.05) is 45.0 Å². The Bertz CT molecular complexity index is 1590. The Morgan fingerprint density at radius 3 is 2.47 bits per heavy atom. The van der Waals surface area contributed by atoms with Gasteiger partial charge in [0.1, 0.15) is 13.5 Å². The number of para-hydroxylation sites is 1. The molecule has 6 nitrogen and oxygen atoms in total. The molecule has 4 aromatic carbocycles. The van der Waals surface area contributed by atoms with Crippen molar-refractivity contribution in [3.8, 4) is 11.8 Å². The van der Waals surface area contributed by atoms with Crippen molar-refractivity contribution in [3.63, 3.8) is 0 Å². The van der Waals surface area contributed by atoms with Gasteiger partial charge < -0.3 is 14.6 Å². The van der Waals surface area contributed by atoms with Crippen molar-refractivity contribution in [3.05, 3.63) is 108 Å². The lowest BCUT2D eigenvalue weighted by Crippen LogP contribution is -2.46. The summed E-state index contributed by atoms with van der Waals surface area (Å²) in [5, 5.41) is 10.7. The van der Waals surface area contributed by atoms with E-state index in [1.807, 2.05) is 24.3 Å². The van der Waals surface area contributed by atoms with Crippen LogP contribution in [0.1, 0.15) is 16.7 Å². The molecule has 0 aliphatic carbocycles. The molecule has 0 saturated carbocycles. The molecular weight excluding hydrogens is 472 g/mol. The number of hydrogen-bond acceptors (Lipinski definition) is 6. The Kier molecular flexibility index (Phi) is 7.32. The smallest absolute Gasteiger partial charge is 0.179 e. The third-order valence-corrected chi connectivity index (χ3v) is 6.92. The Morgan fingerprint density at radius 2 is 1.55 bits per heavy atom. The first-order chi connectivity index (χ1) is 18.8. The number of rotatable bonds is 7. The van der Waals surface area contributed by atoms with Crippen LogP contribution < -0.4 is 5.32 Å². The van der Waals surface area contributed by atoms with E-state index < -0.39 is 0 Å². The topological polar surface area (TPSA) is 53.8 Å². The standard InChI is InChI=1S/C32H30N4O2/c1-2-12-29-27(9-1)10-6-11-28(29)16-15-25-7-5-8-26(21-25)22-35-17-19-36(20-18-35)24-37-23-33-32-30-13-3-4-14-31(30)38-34-32/h1-14,21H,17-20,22-24H2,(H,33,34). The number of anilines is 1. The molecule has 1 N–H and O–H groups in total. The van der Waals surface area contributed by atoms with Crippen molar-refractivity contribution < 1.29 is 9.26 Å². The zero-order chi connectivity index (χ0) is 25.6. The molecule has 0 bridgehead atoms. The minimum Gasteiger partial charge on any atom is -0.354 e. The molecule has 1 aliphatic rings. The molecule has 0 radical (unpaired) electrons. The van der Waals surface area contributed by atoms with Gasteiger partial charge in [-0.2, -0.15) is 0 Å². The highest BCUT2D eigenvalue weighted by atomic mass is 16.5. The molecule has 1 aliphatic heterocycles. The Labute approximate surface area is 222 Å². The van der Waals surface area contributed by atoms with Crippen LogP contribution in [0.25, 0.3) is 21.7 Å². The number of fused-ring (bicyclic) bond motifs is 2. The second kappa shape index (κ2) is 11.5. The molecule has 1 saturated heterocycles. The Hall–Kier alpha value is -4.15. The highest BCUT2D eigenvalue weighted by molar-refractivity contribution is 5.88. The number of benzene rings is 4. The summed E-state index contributed by atoms with van der Waals surface area (Å²) in [6.07, 6.45) is 0. The molecule has 6 heteroatoms. The summed E-state index contributed by atoms with van der Waals surface area (Å²) in [6.45, 7) is 5.90. The highest BCUT2D eigenvalue weighted by Gasteiger charge is 2.17. The van der Waals surface area contributed by atoms with Gasteiger partial charge in [0.05, 0.1) is 5.39 Å². The van der Waals surface area contributed by atoms with Crippen LogP contribution in [0.4, 0.5) is 5.82 Å². The van der Waals surface area contributed by atoms with Gasteiger partial charge in [-0.25, -0.2) is 0 Å². The molecule has 1 aromatic heterocycles. The van der Waals surface area contributed by atoms with Gasteiger partial charge in [-0.05, 0) is 46.7 Å². The highest BCUT2D eigenvalue weighted by Crippen LogP contribution is 2.22. The lowest BCUT2D eigenvalue weighted by atomic mass is 10.0. The van der Waals surface area contributed by atoms with Crippen LogP contribution in [0.15, 0.2) is 95.5 Å². The number of hydrogen-bond donors (Lipinski definition) is 1. The number of aromatic nitrogens is 1. The van der Waals surface area contributed by atoms with Crippen LogP contribution in [0.5, 0.6) is 0 Å². The molecule has 6 rings (SSSR count). The van der Waals surface area contributed by atoms with Gasteiger partial charge in [0.15, 0.2) is 11.4 Å². The fraction of sp³-hybridized carbons (Fsp3) is 0.219. The minimum absolute atomic E-state index is 0.392. The van der Waals surface area contributed by atoms with Crippen molar-refractivity contribution in [2.45, 2.75) is 6.54 Å². The number of ether oxygens (including phenoxy) is 1. The van der Waals surface area contributed by atoms with E-state index in [1.54, 1.807) is 0 Å². The van der Waals surface area contributed by atoms with Gasteiger partial charge in [-0.3, -0.25) is 9.80 Å². The zero-order valence-electron chi connectivity index (χ0n) is 21.3. The van der Waals surface area contributed by atoms with Gasteiger partial charge in [0.25, 0.3) is 0 Å². The van der Waals surface area contributed by atoms with E-state index in [1.165, 1.54) is 16.3 Å². The fourth-order valence-electron chi connectivity index (χ4n) is 4.86. The minimum atomic E-state index is 0.392. The quantitative estimate of drug-likeness (QED) is 0.179. The summed E-state index contributed by atoms with van der Waals surface area (Å²) in [4.78, 5) is 4.83. The van der Waals surface area contributed by atoms with Gasteiger partial charge >= 0.3 is 0 Å². The predicted molar refractivity (Wildman–Crippen MR) is 152 cm³/mol. The van der Waals surface area contributed by atoms with Crippen LogP contribution in [0.2, 0.25) is 0 Å². The molecule has 38 heavy (non-hydrogen) atoms. The van der Waals surface area contributed by atoms with E-state index in [2.05, 4.69) is 98.8 Å². The summed E-state index contributed by atoms with van der Waals surface area (Å²) in [6, 6.07) is 31.1. The maximum absolute atomic E-state index is 5.85. The molecule has 1 fully saturated rings. The van der Waals surface area contributed by atoms with E-state index >= 15 is 0 Å². The summed E-state index contributed by atoms with van der Waals surface area (Å²) in [7, 11) is 0. The van der Waals surface area contributed by atoms with E-state index in [4.69, 9.17) is 9.26 Å². The van der Waals surface area contributed by atoms with Gasteiger partial charge in [0.2, 0.25) is 0 Å². The number of nitrogens with one attached hydrogen (secondary N) is 1. The van der Waals surface area contributed by atoms with Gasteiger partial charge in [0, 0.05) is 43.9 Å². The fourth-order valence-corrected chi connectivity index (χ4v) is 4.86. The largest absolute Gasteiger partial charge is 0.354 e. The lowest BCUT2D eigenvalue weighted by molar-refractivity contribution is 0.00770. The molecule has 0 unspecified atom stereocenters. The van der Waals surface area contributed by atoms with Crippen molar-refractivity contribution >= 4 is 27.6 Å². The van der Waals surface area contributed by atoms with Crippen LogP contribution in [0.3, 0.4) is 0 Å². The van der Waals surface area contributed by atoms with Crippen LogP contribution >= 0.6 is 0 Å². The maximum atomic E-state index is 5.85. The third kappa shape index (κ3) is 5.71. The van der Waals surface area contributed by atoms with Crippen LogP contribution in [0, 0.1) is 11.8 Å². The monoisotopic (exact) mass is 502 g/mol. The van der Waals surface area contributed by atoms with Gasteiger partial charge in [-0.1, -0.05) is 77.7 Å². The average molecular weight is 503 g/mol. The van der Waals surface area contributed by atoms with E-state index in [-0.39, 0.29) is 0 Å². The van der Waals surface area contributed by atoms with E-state index in [0.29, 0.717) is 13.5 Å². The van der Waals surface area contributed by atoms with Crippen molar-refractivity contribution in [2.24, 2.45) is 0 Å². The second-order valence-corrected chi connectivity index (χ2v) is 9.55. The normalized spacial score (nSPS) is 14.4. The van der Waals surface area contributed by atoms with E-state index in [0.717, 1.165) is 60.6 Å². The number of nitrogens with zero attached hydrogens (tertiary/aromatic N) is 3. The summed E-state index contributed by atoms with van der Waals surface area (Å²) in [5.41, 5.74) is 4.18. The molecule has 0 spiro atoms. The average Bonchev–Trinajstić information content (AvgIpc) is 3.38. The first-order valence-corrected chi connectivity index (χ1v) is 13.0. The van der Waals surface area contributed by atoms with Crippen molar-refractivity contribution in [1.29, 1.82) is 0 Å². The Morgan fingerprint density at radius 1 is 0.789 bits per heavy atom. The first kappa shape index (κ1) is 24.2. The van der Waals surface area contributed by atoms with Crippen LogP contribution in [-0.2, 0) is 11.3 Å². The SMILES string of the molecule is C(#Cc1cccc2ccccc12)c1cccc(CN2CCN(COCNc3noc4ccccc34)CC2)c1. The van der Waals surface area contributed by atoms with E-state index in [9.17, 15) is 0 Å². The van der Waals surface area contributed by atoms with Gasteiger partial charge in [-0.15, -0.1) is 0 Å². The third-order valence-electron chi connectivity index (χ3n) is 6.92. The molecule has 2 heterocycles.